The van der Waals surface area contributed by atoms with E-state index < -0.39 is 0 Å². The Hall–Kier alpha value is -2.40. The lowest BCUT2D eigenvalue weighted by molar-refractivity contribution is 0.122. The third-order valence-corrected chi connectivity index (χ3v) is 8.05. The van der Waals surface area contributed by atoms with E-state index in [-0.39, 0.29) is 5.95 Å². The summed E-state index contributed by atoms with van der Waals surface area (Å²) in [5.74, 6) is 1.87. The van der Waals surface area contributed by atoms with Crippen molar-refractivity contribution in [3.63, 3.8) is 0 Å². The van der Waals surface area contributed by atoms with Crippen LogP contribution in [0.15, 0.2) is 12.4 Å². The number of morpholine rings is 1. The number of nitrogens with zero attached hydrogens (tertiary/aromatic N) is 7. The van der Waals surface area contributed by atoms with E-state index >= 15 is 0 Å². The maximum absolute atomic E-state index is 5.69. The molecule has 3 aromatic rings. The monoisotopic (exact) mass is 468 g/mol. The summed E-state index contributed by atoms with van der Waals surface area (Å²) < 4.78 is 6.75. The first-order valence-corrected chi connectivity index (χ1v) is 12.4. The number of hydrogen-bond acceptors (Lipinski definition) is 10. The number of nitrogen functional groups attached to an aromatic ring is 1. The Morgan fingerprint density at radius 2 is 1.82 bits per heavy atom. The van der Waals surface area contributed by atoms with Crippen LogP contribution in [0.25, 0.3) is 21.6 Å². The Morgan fingerprint density at radius 1 is 1.12 bits per heavy atom. The molecule has 33 heavy (non-hydrogen) atoms. The summed E-state index contributed by atoms with van der Waals surface area (Å²) in [5, 5.41) is 0. The van der Waals surface area contributed by atoms with Gasteiger partial charge in [0.05, 0.1) is 29.0 Å². The smallest absolute Gasteiger partial charge is 0.219 e. The van der Waals surface area contributed by atoms with E-state index in [0.29, 0.717) is 25.1 Å². The van der Waals surface area contributed by atoms with Gasteiger partial charge in [-0.1, -0.05) is 0 Å². The second-order valence-corrected chi connectivity index (χ2v) is 10.2. The maximum Gasteiger partial charge on any atom is 0.219 e. The van der Waals surface area contributed by atoms with Gasteiger partial charge in [-0.2, -0.15) is 0 Å². The molecule has 0 amide bonds. The first-order chi connectivity index (χ1) is 16.0. The fraction of sp³-hybridized carbons (Fsp3) is 0.565. The van der Waals surface area contributed by atoms with Crippen LogP contribution in [-0.2, 0) is 11.3 Å². The predicted octanol–water partition coefficient (Wildman–Crippen LogP) is 2.40. The van der Waals surface area contributed by atoms with Gasteiger partial charge in [0.1, 0.15) is 0 Å². The van der Waals surface area contributed by atoms with Gasteiger partial charge in [-0.05, 0) is 52.5 Å². The molecular weight excluding hydrogens is 436 g/mol. The average molecular weight is 469 g/mol. The second kappa shape index (κ2) is 9.46. The minimum Gasteiger partial charge on any atom is -0.378 e. The Labute approximate surface area is 198 Å². The molecule has 0 aromatic carbocycles. The molecule has 176 valence electrons. The first kappa shape index (κ1) is 22.4. The van der Waals surface area contributed by atoms with Gasteiger partial charge in [0, 0.05) is 42.9 Å². The highest BCUT2D eigenvalue weighted by Crippen LogP contribution is 2.38. The van der Waals surface area contributed by atoms with Gasteiger partial charge < -0.3 is 20.3 Å². The number of aromatic nitrogens is 4. The van der Waals surface area contributed by atoms with E-state index in [1.807, 2.05) is 11.3 Å². The Balaban J connectivity index is 1.52. The number of anilines is 2. The minimum absolute atomic E-state index is 0.249. The molecule has 0 aliphatic carbocycles. The number of piperidine rings is 1. The van der Waals surface area contributed by atoms with Crippen molar-refractivity contribution >= 4 is 33.3 Å². The number of aryl methyl sites for hydroxylation is 1. The molecule has 2 saturated heterocycles. The molecule has 5 rings (SSSR count). The number of ether oxygens (including phenoxy) is 1. The minimum atomic E-state index is 0.249. The molecule has 0 spiro atoms. The molecule has 3 aromatic heterocycles. The second-order valence-electron chi connectivity index (χ2n) is 9.08. The van der Waals surface area contributed by atoms with Crippen LogP contribution < -0.4 is 10.6 Å². The van der Waals surface area contributed by atoms with Gasteiger partial charge in [0.25, 0.3) is 0 Å². The molecule has 0 atom stereocenters. The normalized spacial score (nSPS) is 18.5. The van der Waals surface area contributed by atoms with Gasteiger partial charge in [0.2, 0.25) is 5.95 Å². The molecule has 9 nitrogen and oxygen atoms in total. The van der Waals surface area contributed by atoms with Crippen molar-refractivity contribution in [1.82, 2.24) is 29.7 Å². The Kier molecular flexibility index (Phi) is 6.42. The van der Waals surface area contributed by atoms with Gasteiger partial charge in [-0.15, -0.1) is 11.3 Å². The Morgan fingerprint density at radius 3 is 2.52 bits per heavy atom. The summed E-state index contributed by atoms with van der Waals surface area (Å²) in [6.07, 6.45) is 5.83. The van der Waals surface area contributed by atoms with Gasteiger partial charge in [0.15, 0.2) is 11.6 Å². The lowest BCUT2D eigenvalue weighted by atomic mass is 10.0. The van der Waals surface area contributed by atoms with Crippen LogP contribution in [0, 0.1) is 6.92 Å². The van der Waals surface area contributed by atoms with Gasteiger partial charge in [-0.3, -0.25) is 4.90 Å². The van der Waals surface area contributed by atoms with E-state index in [1.165, 1.54) is 36.4 Å². The van der Waals surface area contributed by atoms with E-state index in [2.05, 4.69) is 45.7 Å². The quantitative estimate of drug-likeness (QED) is 0.605. The van der Waals surface area contributed by atoms with Crippen molar-refractivity contribution in [3.05, 3.63) is 22.8 Å². The highest BCUT2D eigenvalue weighted by Gasteiger charge is 2.25. The molecule has 0 saturated carbocycles. The molecule has 2 aliphatic rings. The fourth-order valence-electron chi connectivity index (χ4n) is 4.63. The van der Waals surface area contributed by atoms with Crippen molar-refractivity contribution in [2.45, 2.75) is 32.4 Å². The lowest BCUT2D eigenvalue weighted by Crippen LogP contribution is -2.41. The summed E-state index contributed by atoms with van der Waals surface area (Å²) in [4.78, 5) is 26.9. The molecule has 0 bridgehead atoms. The van der Waals surface area contributed by atoms with Crippen molar-refractivity contribution in [1.29, 1.82) is 0 Å². The summed E-state index contributed by atoms with van der Waals surface area (Å²) in [5.41, 5.74) is 8.73. The van der Waals surface area contributed by atoms with E-state index in [9.17, 15) is 0 Å². The van der Waals surface area contributed by atoms with Crippen LogP contribution in [-0.4, -0.2) is 89.3 Å². The average Bonchev–Trinajstić information content (AvgIpc) is 3.15. The zero-order valence-electron chi connectivity index (χ0n) is 19.6. The van der Waals surface area contributed by atoms with E-state index in [1.54, 1.807) is 12.4 Å². The molecule has 5 heterocycles. The molecule has 2 aliphatic heterocycles. The molecule has 2 N–H and O–H groups in total. The predicted molar refractivity (Wildman–Crippen MR) is 133 cm³/mol. The topological polar surface area (TPSA) is 96.5 Å². The Bertz CT molecular complexity index is 1100. The van der Waals surface area contributed by atoms with Crippen LogP contribution in [0.5, 0.6) is 0 Å². The van der Waals surface area contributed by atoms with Crippen LogP contribution in [0.4, 0.5) is 11.8 Å². The standard InChI is InChI=1S/C23H32N8OS/c1-15-18(14-30(3)17-4-6-29(2)7-5-17)33-20-19(15)27-21(16-12-25-23(24)26-13-16)28-22(20)31-8-10-32-11-9-31/h12-13,17H,4-11,14H2,1-3H3,(H2,24,25,26). The lowest BCUT2D eigenvalue weighted by Gasteiger charge is -2.35. The number of nitrogens with two attached hydrogens (primary N) is 1. The number of rotatable bonds is 5. The number of thiophene rings is 1. The zero-order valence-corrected chi connectivity index (χ0v) is 20.4. The number of fused-ring (bicyclic) bond motifs is 1. The first-order valence-electron chi connectivity index (χ1n) is 11.6. The number of likely N-dealkylation sites (tertiary alicyclic amines) is 1. The molecule has 0 radical (unpaired) electrons. The van der Waals surface area contributed by atoms with Gasteiger partial charge >= 0.3 is 0 Å². The van der Waals surface area contributed by atoms with Crippen molar-refractivity contribution in [2.75, 3.05) is 64.1 Å². The summed E-state index contributed by atoms with van der Waals surface area (Å²) in [6, 6.07) is 0.623. The maximum atomic E-state index is 5.69. The van der Waals surface area contributed by atoms with E-state index in [4.69, 9.17) is 20.4 Å². The highest BCUT2D eigenvalue weighted by molar-refractivity contribution is 7.19. The fourth-order valence-corrected chi connectivity index (χ4v) is 5.96. The van der Waals surface area contributed by atoms with Crippen molar-refractivity contribution in [3.8, 4) is 11.4 Å². The zero-order chi connectivity index (χ0) is 22.9. The summed E-state index contributed by atoms with van der Waals surface area (Å²) in [7, 11) is 4.47. The van der Waals surface area contributed by atoms with Crippen LogP contribution >= 0.6 is 11.3 Å². The van der Waals surface area contributed by atoms with Crippen molar-refractivity contribution < 1.29 is 4.74 Å². The van der Waals surface area contributed by atoms with Gasteiger partial charge in [-0.25, -0.2) is 19.9 Å². The molecular formula is C23H32N8OS. The summed E-state index contributed by atoms with van der Waals surface area (Å²) in [6.45, 7) is 8.53. The van der Waals surface area contributed by atoms with Crippen LogP contribution in [0.1, 0.15) is 23.3 Å². The van der Waals surface area contributed by atoms with Crippen LogP contribution in [0.3, 0.4) is 0 Å². The van der Waals surface area contributed by atoms with Crippen LogP contribution in [0.2, 0.25) is 0 Å². The third-order valence-electron chi connectivity index (χ3n) is 6.79. The highest BCUT2D eigenvalue weighted by atomic mass is 32.1. The van der Waals surface area contributed by atoms with E-state index in [0.717, 1.165) is 41.2 Å². The SMILES string of the molecule is Cc1c(CN(C)C2CCN(C)CC2)sc2c(N3CCOCC3)nc(-c3cnc(N)nc3)nc12. The van der Waals surface area contributed by atoms with Crippen molar-refractivity contribution in [2.24, 2.45) is 0 Å². The number of hydrogen-bond donors (Lipinski definition) is 1. The summed E-state index contributed by atoms with van der Waals surface area (Å²) >= 11 is 1.83. The molecule has 2 fully saturated rings. The largest absolute Gasteiger partial charge is 0.378 e. The molecule has 0 unspecified atom stereocenters. The molecule has 10 heteroatoms. The third kappa shape index (κ3) is 4.65.